The molecule has 2 nitrogen and oxygen atoms in total. The van der Waals surface area contributed by atoms with Gasteiger partial charge in [-0.1, -0.05) is 81.4 Å². The molecule has 2 aromatic rings. The number of nitrogens with zero attached hydrogens (tertiary/aromatic N) is 1. The standard InChI is InChI=1S/C21H25NO/c1-4-18-21(23,17-13-9-6-10-14-17)19(20(22-18)15(2)3)16-11-7-5-8-12-16/h5-15,19-20,23H,4H2,1-3H3. The molecule has 0 radical (unpaired) electrons. The van der Waals surface area contributed by atoms with Gasteiger partial charge in [-0.25, -0.2) is 0 Å². The molecule has 1 aliphatic rings. The second kappa shape index (κ2) is 6.29. The van der Waals surface area contributed by atoms with E-state index in [0.29, 0.717) is 5.92 Å². The minimum atomic E-state index is -1.02. The van der Waals surface area contributed by atoms with Crippen LogP contribution in [0, 0.1) is 5.92 Å². The predicted molar refractivity (Wildman–Crippen MR) is 95.9 cm³/mol. The third-order valence-electron chi connectivity index (χ3n) is 4.93. The second-order valence-corrected chi connectivity index (χ2v) is 6.68. The summed E-state index contributed by atoms with van der Waals surface area (Å²) in [5.41, 5.74) is 1.98. The van der Waals surface area contributed by atoms with Crippen molar-refractivity contribution in [3.05, 3.63) is 71.8 Å². The number of aliphatic hydroxyl groups is 1. The van der Waals surface area contributed by atoms with Gasteiger partial charge in [0, 0.05) is 11.6 Å². The van der Waals surface area contributed by atoms with Gasteiger partial charge in [-0.3, -0.25) is 4.99 Å². The fraction of sp³-hybridized carbons (Fsp3) is 0.381. The van der Waals surface area contributed by atoms with Gasteiger partial charge in [0.2, 0.25) is 0 Å². The van der Waals surface area contributed by atoms with E-state index in [2.05, 4.69) is 32.9 Å². The largest absolute Gasteiger partial charge is 0.378 e. The zero-order valence-electron chi connectivity index (χ0n) is 14.1. The highest BCUT2D eigenvalue weighted by molar-refractivity contribution is 5.96. The minimum absolute atomic E-state index is 0.0407. The van der Waals surface area contributed by atoms with Crippen LogP contribution in [0.1, 0.15) is 44.2 Å². The lowest BCUT2D eigenvalue weighted by molar-refractivity contribution is 0.0751. The summed E-state index contributed by atoms with van der Waals surface area (Å²) in [6, 6.07) is 20.4. The van der Waals surface area contributed by atoms with Crippen LogP contribution in [0.5, 0.6) is 0 Å². The van der Waals surface area contributed by atoms with Crippen LogP contribution >= 0.6 is 0 Å². The zero-order valence-corrected chi connectivity index (χ0v) is 14.1. The van der Waals surface area contributed by atoms with Crippen LogP contribution in [0.25, 0.3) is 0 Å². The molecule has 0 fully saturated rings. The van der Waals surface area contributed by atoms with Gasteiger partial charge in [0.15, 0.2) is 0 Å². The van der Waals surface area contributed by atoms with Crippen molar-refractivity contribution in [2.45, 2.75) is 44.8 Å². The Labute approximate surface area is 138 Å². The molecule has 3 unspecified atom stereocenters. The third-order valence-corrected chi connectivity index (χ3v) is 4.93. The molecular formula is C21H25NO. The lowest BCUT2D eigenvalue weighted by atomic mass is 9.71. The fourth-order valence-electron chi connectivity index (χ4n) is 3.81. The van der Waals surface area contributed by atoms with Crippen molar-refractivity contribution in [2.75, 3.05) is 0 Å². The minimum Gasteiger partial charge on any atom is -0.378 e. The van der Waals surface area contributed by atoms with E-state index >= 15 is 0 Å². The van der Waals surface area contributed by atoms with Crippen molar-refractivity contribution in [1.29, 1.82) is 0 Å². The molecule has 0 aliphatic carbocycles. The monoisotopic (exact) mass is 307 g/mol. The van der Waals surface area contributed by atoms with Crippen LogP contribution in [-0.4, -0.2) is 16.9 Å². The first-order valence-electron chi connectivity index (χ1n) is 8.49. The molecule has 3 rings (SSSR count). The molecule has 1 aliphatic heterocycles. The van der Waals surface area contributed by atoms with Crippen molar-refractivity contribution in [3.8, 4) is 0 Å². The molecule has 0 saturated carbocycles. The normalized spacial score (nSPS) is 27.3. The van der Waals surface area contributed by atoms with E-state index in [9.17, 15) is 5.11 Å². The Balaban J connectivity index is 2.19. The van der Waals surface area contributed by atoms with E-state index < -0.39 is 5.60 Å². The summed E-state index contributed by atoms with van der Waals surface area (Å²) in [6.45, 7) is 6.46. The summed E-state index contributed by atoms with van der Waals surface area (Å²) < 4.78 is 0. The molecule has 0 spiro atoms. The Morgan fingerprint density at radius 1 is 1.00 bits per heavy atom. The number of aliphatic imine (C=N–C) groups is 1. The second-order valence-electron chi connectivity index (χ2n) is 6.68. The van der Waals surface area contributed by atoms with Gasteiger partial charge in [0.25, 0.3) is 0 Å². The van der Waals surface area contributed by atoms with E-state index in [0.717, 1.165) is 23.3 Å². The molecule has 2 heteroatoms. The van der Waals surface area contributed by atoms with E-state index in [1.165, 1.54) is 0 Å². The summed E-state index contributed by atoms with van der Waals surface area (Å²) >= 11 is 0. The summed E-state index contributed by atoms with van der Waals surface area (Å²) in [5, 5.41) is 11.8. The molecule has 3 atom stereocenters. The first-order valence-corrected chi connectivity index (χ1v) is 8.49. The Hall–Kier alpha value is -1.93. The fourth-order valence-corrected chi connectivity index (χ4v) is 3.81. The summed E-state index contributed by atoms with van der Waals surface area (Å²) in [7, 11) is 0. The Kier molecular flexibility index (Phi) is 4.36. The van der Waals surface area contributed by atoms with Gasteiger partial charge >= 0.3 is 0 Å². The average Bonchev–Trinajstić information content (AvgIpc) is 2.90. The molecule has 0 saturated heterocycles. The smallest absolute Gasteiger partial charge is 0.136 e. The van der Waals surface area contributed by atoms with Crippen molar-refractivity contribution < 1.29 is 5.11 Å². The first kappa shape index (κ1) is 15.9. The Morgan fingerprint density at radius 3 is 2.09 bits per heavy atom. The number of hydrogen-bond acceptors (Lipinski definition) is 2. The predicted octanol–water partition coefficient (Wildman–Crippen LogP) is 4.55. The summed E-state index contributed by atoms with van der Waals surface area (Å²) in [6.07, 6.45) is 0.762. The van der Waals surface area contributed by atoms with Gasteiger partial charge in [-0.15, -0.1) is 0 Å². The maximum atomic E-state index is 11.8. The van der Waals surface area contributed by atoms with E-state index in [4.69, 9.17) is 4.99 Å². The topological polar surface area (TPSA) is 32.6 Å². The van der Waals surface area contributed by atoms with Crippen LogP contribution in [0.15, 0.2) is 65.7 Å². The molecule has 0 bridgehead atoms. The van der Waals surface area contributed by atoms with Crippen molar-refractivity contribution in [1.82, 2.24) is 0 Å². The Bertz CT molecular complexity index is 678. The summed E-state index contributed by atoms with van der Waals surface area (Å²) in [4.78, 5) is 4.96. The van der Waals surface area contributed by atoms with E-state index in [-0.39, 0.29) is 12.0 Å². The molecule has 0 aromatic heterocycles. The molecular weight excluding hydrogens is 282 g/mol. The van der Waals surface area contributed by atoms with Crippen LogP contribution < -0.4 is 0 Å². The lowest BCUT2D eigenvalue weighted by Gasteiger charge is -2.35. The van der Waals surface area contributed by atoms with Gasteiger partial charge in [0.1, 0.15) is 5.60 Å². The van der Waals surface area contributed by atoms with E-state index in [1.807, 2.05) is 48.5 Å². The van der Waals surface area contributed by atoms with Crippen molar-refractivity contribution in [3.63, 3.8) is 0 Å². The van der Waals surface area contributed by atoms with Crippen LogP contribution in [0.2, 0.25) is 0 Å². The number of benzene rings is 2. The van der Waals surface area contributed by atoms with Crippen molar-refractivity contribution in [2.24, 2.45) is 10.9 Å². The molecule has 23 heavy (non-hydrogen) atoms. The maximum Gasteiger partial charge on any atom is 0.136 e. The van der Waals surface area contributed by atoms with Crippen LogP contribution in [0.3, 0.4) is 0 Å². The quantitative estimate of drug-likeness (QED) is 0.883. The number of rotatable bonds is 4. The molecule has 0 amide bonds. The number of hydrogen-bond donors (Lipinski definition) is 1. The maximum absolute atomic E-state index is 11.8. The summed E-state index contributed by atoms with van der Waals surface area (Å²) in [5.74, 6) is 0.334. The average molecular weight is 307 g/mol. The van der Waals surface area contributed by atoms with Crippen LogP contribution in [0.4, 0.5) is 0 Å². The molecule has 120 valence electrons. The molecule has 1 N–H and O–H groups in total. The zero-order chi connectivity index (χ0) is 16.4. The van der Waals surface area contributed by atoms with Gasteiger partial charge in [-0.05, 0) is 23.5 Å². The SMILES string of the molecule is CCC1=NC(C(C)C)C(c2ccccc2)C1(O)c1ccccc1. The van der Waals surface area contributed by atoms with E-state index in [1.54, 1.807) is 0 Å². The highest BCUT2D eigenvalue weighted by Gasteiger charge is 2.52. The van der Waals surface area contributed by atoms with Gasteiger partial charge in [-0.2, -0.15) is 0 Å². The van der Waals surface area contributed by atoms with Crippen molar-refractivity contribution >= 4 is 5.71 Å². The third kappa shape index (κ3) is 2.61. The molecule has 1 heterocycles. The Morgan fingerprint density at radius 2 is 1.57 bits per heavy atom. The molecule has 2 aromatic carbocycles. The first-order chi connectivity index (χ1) is 11.1. The van der Waals surface area contributed by atoms with Gasteiger partial charge in [0.05, 0.1) is 6.04 Å². The van der Waals surface area contributed by atoms with Gasteiger partial charge < -0.3 is 5.11 Å². The van der Waals surface area contributed by atoms with Crippen LogP contribution in [-0.2, 0) is 5.60 Å². The lowest BCUT2D eigenvalue weighted by Crippen LogP contribution is -2.41. The highest BCUT2D eigenvalue weighted by atomic mass is 16.3. The highest BCUT2D eigenvalue weighted by Crippen LogP contribution is 2.48.